The molecule has 0 fully saturated rings. The summed E-state index contributed by atoms with van der Waals surface area (Å²) in [5, 5.41) is 0.732. The van der Waals surface area contributed by atoms with E-state index in [4.69, 9.17) is 58.0 Å². The second-order valence-electron chi connectivity index (χ2n) is 2.39. The minimum absolute atomic E-state index is 0.195. The Hall–Kier alpha value is 0.600. The van der Waals surface area contributed by atoms with E-state index in [1.807, 2.05) is 0 Å². The molecule has 0 aromatic carbocycles. The van der Waals surface area contributed by atoms with E-state index in [9.17, 15) is 0 Å². The minimum Gasteiger partial charge on any atom is -0.254 e. The zero-order valence-electron chi connectivity index (χ0n) is 6.41. The van der Waals surface area contributed by atoms with Gasteiger partial charge in [-0.1, -0.05) is 58.0 Å². The Labute approximate surface area is 101 Å². The van der Waals surface area contributed by atoms with Gasteiger partial charge in [-0.25, -0.2) is 0 Å². The standard InChI is InChI=1S/C7H4Cl5N/c1-3-4(8)2-13-6(5(3)9)7(10,11)12/h2H,1H3. The average molecular weight is 279 g/mol. The Kier molecular flexibility index (Phi) is 3.59. The first-order chi connectivity index (χ1) is 5.84. The van der Waals surface area contributed by atoms with Gasteiger partial charge in [0.15, 0.2) is 0 Å². The zero-order chi connectivity index (χ0) is 10.2. The molecule has 13 heavy (non-hydrogen) atoms. The van der Waals surface area contributed by atoms with Crippen LogP contribution in [0.15, 0.2) is 6.20 Å². The first kappa shape index (κ1) is 11.7. The second kappa shape index (κ2) is 4.00. The molecule has 1 aromatic heterocycles. The molecule has 0 saturated carbocycles. The lowest BCUT2D eigenvalue weighted by atomic mass is 10.2. The zero-order valence-corrected chi connectivity index (χ0v) is 10.2. The molecule has 1 nitrogen and oxygen atoms in total. The molecule has 0 spiro atoms. The molecule has 0 aliphatic carbocycles. The summed E-state index contributed by atoms with van der Waals surface area (Å²) in [5.41, 5.74) is 0.848. The van der Waals surface area contributed by atoms with Crippen molar-refractivity contribution in [3.05, 3.63) is 27.5 Å². The van der Waals surface area contributed by atoms with Crippen molar-refractivity contribution < 1.29 is 0 Å². The maximum atomic E-state index is 5.88. The molecule has 0 saturated heterocycles. The Balaban J connectivity index is 3.35. The molecule has 0 N–H and O–H groups in total. The second-order valence-corrected chi connectivity index (χ2v) is 5.46. The van der Waals surface area contributed by atoms with Gasteiger partial charge >= 0.3 is 0 Å². The maximum absolute atomic E-state index is 5.88. The first-order valence-corrected chi connectivity index (χ1v) is 5.11. The summed E-state index contributed by atoms with van der Waals surface area (Å²) in [5.74, 6) is 0. The van der Waals surface area contributed by atoms with Crippen molar-refractivity contribution in [2.24, 2.45) is 0 Å². The van der Waals surface area contributed by atoms with Crippen LogP contribution in [0.25, 0.3) is 0 Å². The van der Waals surface area contributed by atoms with Gasteiger partial charge in [0.2, 0.25) is 3.79 Å². The maximum Gasteiger partial charge on any atom is 0.234 e. The molecule has 72 valence electrons. The minimum atomic E-state index is -1.62. The van der Waals surface area contributed by atoms with Crippen molar-refractivity contribution in [2.75, 3.05) is 0 Å². The van der Waals surface area contributed by atoms with E-state index in [1.54, 1.807) is 6.92 Å². The van der Waals surface area contributed by atoms with Gasteiger partial charge in [0, 0.05) is 6.20 Å². The third kappa shape index (κ3) is 2.54. The SMILES string of the molecule is Cc1c(Cl)cnc(C(Cl)(Cl)Cl)c1Cl. The van der Waals surface area contributed by atoms with Gasteiger partial charge in [-0.15, -0.1) is 0 Å². The number of nitrogens with zero attached hydrogens (tertiary/aromatic N) is 1. The van der Waals surface area contributed by atoms with E-state index in [0.29, 0.717) is 10.6 Å². The molecular formula is C7H4Cl5N. The van der Waals surface area contributed by atoms with E-state index in [-0.39, 0.29) is 10.7 Å². The highest BCUT2D eigenvalue weighted by Crippen LogP contribution is 2.42. The normalized spacial score (nSPS) is 11.8. The molecule has 6 heteroatoms. The van der Waals surface area contributed by atoms with Gasteiger partial charge < -0.3 is 0 Å². The number of halogens is 5. The Morgan fingerprint density at radius 3 is 2.23 bits per heavy atom. The predicted molar refractivity (Wildman–Crippen MR) is 58.2 cm³/mol. The summed E-state index contributed by atoms with van der Waals surface area (Å²) in [6.45, 7) is 1.73. The summed E-state index contributed by atoms with van der Waals surface area (Å²) in [6, 6.07) is 0. The van der Waals surface area contributed by atoms with E-state index < -0.39 is 3.79 Å². The fourth-order valence-electron chi connectivity index (χ4n) is 0.755. The third-order valence-corrected chi connectivity index (χ3v) is 2.85. The number of pyridine rings is 1. The molecule has 0 amide bonds. The fraction of sp³-hybridized carbons (Fsp3) is 0.286. The van der Waals surface area contributed by atoms with Gasteiger partial charge in [0.25, 0.3) is 0 Å². The van der Waals surface area contributed by atoms with Crippen LogP contribution < -0.4 is 0 Å². The third-order valence-electron chi connectivity index (χ3n) is 1.47. The van der Waals surface area contributed by atoms with Crippen LogP contribution in [0.1, 0.15) is 11.3 Å². The smallest absolute Gasteiger partial charge is 0.234 e. The topological polar surface area (TPSA) is 12.9 Å². The van der Waals surface area contributed by atoms with Crippen molar-refractivity contribution in [1.29, 1.82) is 0 Å². The lowest BCUT2D eigenvalue weighted by Gasteiger charge is -2.13. The van der Waals surface area contributed by atoms with Crippen molar-refractivity contribution in [3.63, 3.8) is 0 Å². The number of hydrogen-bond donors (Lipinski definition) is 0. The largest absolute Gasteiger partial charge is 0.254 e. The molecule has 0 bridgehead atoms. The van der Waals surface area contributed by atoms with E-state index >= 15 is 0 Å². The van der Waals surface area contributed by atoms with Crippen LogP contribution in [-0.2, 0) is 3.79 Å². The summed E-state index contributed by atoms with van der Waals surface area (Å²) < 4.78 is -1.62. The van der Waals surface area contributed by atoms with Crippen LogP contribution in [0, 0.1) is 6.92 Å². The van der Waals surface area contributed by atoms with Crippen molar-refractivity contribution >= 4 is 58.0 Å². The molecule has 1 heterocycles. The molecule has 1 rings (SSSR count). The van der Waals surface area contributed by atoms with Crippen molar-refractivity contribution in [1.82, 2.24) is 4.98 Å². The number of alkyl halides is 3. The van der Waals surface area contributed by atoms with E-state index in [2.05, 4.69) is 4.98 Å². The summed E-state index contributed by atoms with van der Waals surface area (Å²) >= 11 is 28.5. The van der Waals surface area contributed by atoms with Gasteiger partial charge in [-0.3, -0.25) is 4.98 Å². The highest BCUT2D eigenvalue weighted by Gasteiger charge is 2.28. The molecule has 0 aliphatic heterocycles. The van der Waals surface area contributed by atoms with Gasteiger partial charge in [0.1, 0.15) is 5.69 Å². The van der Waals surface area contributed by atoms with Crippen LogP contribution >= 0.6 is 58.0 Å². The average Bonchev–Trinajstić information content (AvgIpc) is 1.98. The molecular weight excluding hydrogens is 275 g/mol. The van der Waals surface area contributed by atoms with Crippen LogP contribution in [0.3, 0.4) is 0 Å². The van der Waals surface area contributed by atoms with Crippen LogP contribution in [0.4, 0.5) is 0 Å². The molecule has 1 aromatic rings. The summed E-state index contributed by atoms with van der Waals surface area (Å²) in [7, 11) is 0. The molecule has 0 unspecified atom stereocenters. The first-order valence-electron chi connectivity index (χ1n) is 3.22. The highest BCUT2D eigenvalue weighted by molar-refractivity contribution is 6.67. The monoisotopic (exact) mass is 277 g/mol. The quantitative estimate of drug-likeness (QED) is 0.636. The molecule has 0 atom stereocenters. The van der Waals surface area contributed by atoms with E-state index in [0.717, 1.165) is 0 Å². The summed E-state index contributed by atoms with van der Waals surface area (Å²) in [4.78, 5) is 3.85. The van der Waals surface area contributed by atoms with Gasteiger partial charge in [0.05, 0.1) is 10.0 Å². The highest BCUT2D eigenvalue weighted by atomic mass is 35.6. The Bertz CT molecular complexity index is 330. The Morgan fingerprint density at radius 2 is 1.77 bits per heavy atom. The number of hydrogen-bond acceptors (Lipinski definition) is 1. The van der Waals surface area contributed by atoms with Gasteiger partial charge in [-0.2, -0.15) is 0 Å². The van der Waals surface area contributed by atoms with Crippen LogP contribution in [0.2, 0.25) is 10.0 Å². The van der Waals surface area contributed by atoms with Crippen LogP contribution in [0.5, 0.6) is 0 Å². The molecule has 0 aliphatic rings. The fourth-order valence-corrected chi connectivity index (χ4v) is 1.81. The van der Waals surface area contributed by atoms with Crippen molar-refractivity contribution in [2.45, 2.75) is 10.7 Å². The van der Waals surface area contributed by atoms with Crippen molar-refractivity contribution in [3.8, 4) is 0 Å². The lowest BCUT2D eigenvalue weighted by molar-refractivity contribution is 1.07. The number of rotatable bonds is 0. The van der Waals surface area contributed by atoms with Gasteiger partial charge in [-0.05, 0) is 12.5 Å². The Morgan fingerprint density at radius 1 is 1.23 bits per heavy atom. The summed E-state index contributed by atoms with van der Waals surface area (Å²) in [6.07, 6.45) is 1.40. The predicted octanol–water partition coefficient (Wildman–Crippen LogP) is 4.52. The van der Waals surface area contributed by atoms with Crippen LogP contribution in [-0.4, -0.2) is 4.98 Å². The molecule has 0 radical (unpaired) electrons. The van der Waals surface area contributed by atoms with E-state index in [1.165, 1.54) is 6.20 Å². The number of aromatic nitrogens is 1. The lowest BCUT2D eigenvalue weighted by Crippen LogP contribution is -2.05.